The van der Waals surface area contributed by atoms with Crippen LogP contribution >= 0.6 is 0 Å². The second kappa shape index (κ2) is 5.16. The number of ether oxygens (including phenoxy) is 1. The predicted molar refractivity (Wildman–Crippen MR) is 67.3 cm³/mol. The number of carboxylic acids is 1. The fourth-order valence-corrected chi connectivity index (χ4v) is 2.17. The molecule has 1 heterocycles. The maximum atomic E-state index is 12.0. The first-order chi connectivity index (χ1) is 8.11. The Kier molecular flexibility index (Phi) is 4.24. The molecule has 0 aromatic heterocycles. The van der Waals surface area contributed by atoms with Crippen molar-refractivity contribution in [2.45, 2.75) is 52.7 Å². The number of nitrogens with zero attached hydrogens (tertiary/aromatic N) is 1. The highest BCUT2D eigenvalue weighted by molar-refractivity contribution is 5.73. The van der Waals surface area contributed by atoms with E-state index in [4.69, 9.17) is 9.84 Å². The predicted octanol–water partition coefficient (Wildman–Crippen LogP) is 2.35. The standard InChI is InChI=1S/C13H23NO4/c1-8-6-10(11(15)16)7-14(9(8)2)12(17)18-13(3,4)5/h8-10H,6-7H2,1-5H3,(H,15,16)/t8-,9-,10+/m0/s1. The molecule has 104 valence electrons. The summed E-state index contributed by atoms with van der Waals surface area (Å²) in [6.07, 6.45) is 0.184. The minimum absolute atomic E-state index is 0.00968. The van der Waals surface area contributed by atoms with E-state index >= 15 is 0 Å². The van der Waals surface area contributed by atoms with E-state index in [0.29, 0.717) is 6.42 Å². The fraction of sp³-hybridized carbons (Fsp3) is 0.846. The zero-order chi connectivity index (χ0) is 14.1. The van der Waals surface area contributed by atoms with Crippen LogP contribution in [0.2, 0.25) is 0 Å². The number of aliphatic carboxylic acids is 1. The lowest BCUT2D eigenvalue weighted by atomic mass is 9.85. The van der Waals surface area contributed by atoms with Gasteiger partial charge in [0.15, 0.2) is 0 Å². The number of carbonyl (C=O) groups excluding carboxylic acids is 1. The topological polar surface area (TPSA) is 66.8 Å². The first-order valence-electron chi connectivity index (χ1n) is 6.34. The van der Waals surface area contributed by atoms with Gasteiger partial charge in [-0.25, -0.2) is 4.79 Å². The van der Waals surface area contributed by atoms with Crippen molar-refractivity contribution in [1.82, 2.24) is 4.90 Å². The molecule has 0 aromatic rings. The Hall–Kier alpha value is -1.26. The van der Waals surface area contributed by atoms with Crippen LogP contribution in [-0.2, 0) is 9.53 Å². The number of likely N-dealkylation sites (tertiary alicyclic amines) is 1. The Labute approximate surface area is 108 Å². The number of hydrogen-bond acceptors (Lipinski definition) is 3. The van der Waals surface area contributed by atoms with E-state index in [1.807, 2.05) is 13.8 Å². The zero-order valence-corrected chi connectivity index (χ0v) is 11.8. The van der Waals surface area contributed by atoms with Crippen molar-refractivity contribution in [2.75, 3.05) is 6.54 Å². The molecule has 0 aromatic carbocycles. The van der Waals surface area contributed by atoms with Crippen LogP contribution in [-0.4, -0.2) is 40.3 Å². The van der Waals surface area contributed by atoms with Crippen molar-refractivity contribution in [3.05, 3.63) is 0 Å². The monoisotopic (exact) mass is 257 g/mol. The van der Waals surface area contributed by atoms with Crippen LogP contribution in [0, 0.1) is 11.8 Å². The van der Waals surface area contributed by atoms with Crippen LogP contribution in [0.5, 0.6) is 0 Å². The van der Waals surface area contributed by atoms with Gasteiger partial charge in [0.25, 0.3) is 0 Å². The number of carboxylic acid groups (broad SMARTS) is 1. The molecule has 0 spiro atoms. The number of carbonyl (C=O) groups is 2. The molecule has 1 aliphatic rings. The Bertz CT molecular complexity index is 334. The average molecular weight is 257 g/mol. The molecule has 1 aliphatic heterocycles. The SMILES string of the molecule is C[C@H]1C[C@@H](C(=O)O)CN(C(=O)OC(C)(C)C)[C@H]1C. The summed E-state index contributed by atoms with van der Waals surface area (Å²) in [5.41, 5.74) is -0.559. The average Bonchev–Trinajstić information content (AvgIpc) is 2.18. The van der Waals surface area contributed by atoms with E-state index in [0.717, 1.165) is 0 Å². The van der Waals surface area contributed by atoms with E-state index in [-0.39, 0.29) is 18.5 Å². The van der Waals surface area contributed by atoms with Crippen molar-refractivity contribution < 1.29 is 19.4 Å². The van der Waals surface area contributed by atoms with Crippen LogP contribution in [0.15, 0.2) is 0 Å². The lowest BCUT2D eigenvalue weighted by molar-refractivity contribution is -0.144. The summed E-state index contributed by atoms with van der Waals surface area (Å²) >= 11 is 0. The Morgan fingerprint density at radius 3 is 2.28 bits per heavy atom. The highest BCUT2D eigenvalue weighted by Gasteiger charge is 2.38. The summed E-state index contributed by atoms with van der Waals surface area (Å²) in [7, 11) is 0. The van der Waals surface area contributed by atoms with Crippen molar-refractivity contribution in [1.29, 1.82) is 0 Å². The van der Waals surface area contributed by atoms with Gasteiger partial charge < -0.3 is 14.7 Å². The molecule has 5 nitrogen and oxygen atoms in total. The maximum Gasteiger partial charge on any atom is 0.410 e. The second-order valence-corrected chi connectivity index (χ2v) is 6.12. The smallest absolute Gasteiger partial charge is 0.410 e. The van der Waals surface area contributed by atoms with Crippen LogP contribution in [0.1, 0.15) is 41.0 Å². The minimum Gasteiger partial charge on any atom is -0.481 e. The van der Waals surface area contributed by atoms with Crippen LogP contribution in [0.3, 0.4) is 0 Å². The lowest BCUT2D eigenvalue weighted by Gasteiger charge is -2.41. The normalized spacial score (nSPS) is 28.9. The molecule has 1 rings (SSSR count). The van der Waals surface area contributed by atoms with Crippen molar-refractivity contribution >= 4 is 12.1 Å². The highest BCUT2D eigenvalue weighted by atomic mass is 16.6. The zero-order valence-electron chi connectivity index (χ0n) is 11.8. The molecule has 0 bridgehead atoms. The summed E-state index contributed by atoms with van der Waals surface area (Å²) in [6, 6.07) is 0.00968. The number of hydrogen-bond donors (Lipinski definition) is 1. The summed E-state index contributed by atoms with van der Waals surface area (Å²) < 4.78 is 5.32. The van der Waals surface area contributed by atoms with Gasteiger partial charge in [-0.3, -0.25) is 4.79 Å². The molecule has 0 unspecified atom stereocenters. The molecule has 1 saturated heterocycles. The summed E-state index contributed by atoms with van der Waals surface area (Å²) in [5.74, 6) is -1.18. The summed E-state index contributed by atoms with van der Waals surface area (Å²) in [5, 5.41) is 9.10. The Balaban J connectivity index is 2.78. The first-order valence-corrected chi connectivity index (χ1v) is 6.34. The van der Waals surface area contributed by atoms with Gasteiger partial charge >= 0.3 is 12.1 Å². The van der Waals surface area contributed by atoms with E-state index in [1.54, 1.807) is 20.8 Å². The van der Waals surface area contributed by atoms with Gasteiger partial charge in [-0.15, -0.1) is 0 Å². The second-order valence-electron chi connectivity index (χ2n) is 6.12. The quantitative estimate of drug-likeness (QED) is 0.783. The third kappa shape index (κ3) is 3.62. The maximum absolute atomic E-state index is 12.0. The van der Waals surface area contributed by atoms with E-state index < -0.39 is 23.6 Å². The molecular weight excluding hydrogens is 234 g/mol. The van der Waals surface area contributed by atoms with E-state index in [2.05, 4.69) is 0 Å². The fourth-order valence-electron chi connectivity index (χ4n) is 2.17. The molecule has 3 atom stereocenters. The summed E-state index contributed by atoms with van der Waals surface area (Å²) in [6.45, 7) is 9.55. The van der Waals surface area contributed by atoms with Crippen molar-refractivity contribution in [3.8, 4) is 0 Å². The molecule has 1 fully saturated rings. The lowest BCUT2D eigenvalue weighted by Crippen LogP contribution is -2.52. The van der Waals surface area contributed by atoms with Crippen molar-refractivity contribution in [2.24, 2.45) is 11.8 Å². The summed E-state index contributed by atoms with van der Waals surface area (Å²) in [4.78, 5) is 24.7. The molecule has 0 radical (unpaired) electrons. The third-order valence-electron chi connectivity index (χ3n) is 3.37. The number of piperidine rings is 1. The number of amides is 1. The van der Waals surface area contributed by atoms with E-state index in [9.17, 15) is 9.59 Å². The first kappa shape index (κ1) is 14.8. The van der Waals surface area contributed by atoms with Crippen LogP contribution in [0.25, 0.3) is 0 Å². The van der Waals surface area contributed by atoms with Gasteiger partial charge in [0, 0.05) is 12.6 Å². The molecule has 1 N–H and O–H groups in total. The van der Waals surface area contributed by atoms with Gasteiger partial charge in [0.1, 0.15) is 5.60 Å². The van der Waals surface area contributed by atoms with Gasteiger partial charge in [-0.2, -0.15) is 0 Å². The molecule has 0 aliphatic carbocycles. The Morgan fingerprint density at radius 2 is 1.83 bits per heavy atom. The van der Waals surface area contributed by atoms with E-state index in [1.165, 1.54) is 4.90 Å². The van der Waals surface area contributed by atoms with Gasteiger partial charge in [0.2, 0.25) is 0 Å². The molecule has 5 heteroatoms. The number of rotatable bonds is 1. The third-order valence-corrected chi connectivity index (χ3v) is 3.37. The molecule has 1 amide bonds. The highest BCUT2D eigenvalue weighted by Crippen LogP contribution is 2.28. The van der Waals surface area contributed by atoms with Crippen LogP contribution < -0.4 is 0 Å². The van der Waals surface area contributed by atoms with Gasteiger partial charge in [0.05, 0.1) is 5.92 Å². The van der Waals surface area contributed by atoms with Crippen LogP contribution in [0.4, 0.5) is 4.79 Å². The van der Waals surface area contributed by atoms with Gasteiger partial charge in [-0.1, -0.05) is 6.92 Å². The molecule has 0 saturated carbocycles. The minimum atomic E-state index is -0.845. The van der Waals surface area contributed by atoms with Gasteiger partial charge in [-0.05, 0) is 40.0 Å². The molecule has 18 heavy (non-hydrogen) atoms. The van der Waals surface area contributed by atoms with Crippen molar-refractivity contribution in [3.63, 3.8) is 0 Å². The largest absolute Gasteiger partial charge is 0.481 e. The molecular formula is C13H23NO4. The Morgan fingerprint density at radius 1 is 1.28 bits per heavy atom.